The van der Waals surface area contributed by atoms with E-state index in [1.807, 2.05) is 6.92 Å². The van der Waals surface area contributed by atoms with Gasteiger partial charge in [-0.15, -0.1) is 0 Å². The van der Waals surface area contributed by atoms with Crippen molar-refractivity contribution in [3.05, 3.63) is 83.4 Å². The molecule has 0 atom stereocenters. The molecule has 0 saturated heterocycles. The first-order chi connectivity index (χ1) is 13.9. The number of benzene rings is 3. The van der Waals surface area contributed by atoms with Crippen molar-refractivity contribution in [2.24, 2.45) is 0 Å². The van der Waals surface area contributed by atoms with Crippen molar-refractivity contribution in [3.63, 3.8) is 0 Å². The number of nitrogens with one attached hydrogen (secondary N) is 2. The molecular formula is C21H19ClN2O4S. The smallest absolute Gasteiger partial charge is 0.262 e. The van der Waals surface area contributed by atoms with Crippen LogP contribution in [0.25, 0.3) is 0 Å². The molecule has 0 heterocycles. The second-order valence-electron chi connectivity index (χ2n) is 6.00. The summed E-state index contributed by atoms with van der Waals surface area (Å²) in [7, 11) is -3.89. The minimum absolute atomic E-state index is 0.00619. The summed E-state index contributed by atoms with van der Waals surface area (Å²) in [6.07, 6.45) is 0. The van der Waals surface area contributed by atoms with Crippen LogP contribution in [0, 0.1) is 0 Å². The van der Waals surface area contributed by atoms with E-state index in [2.05, 4.69) is 10.0 Å². The number of anilines is 2. The molecule has 1 amide bonds. The second kappa shape index (κ2) is 8.98. The van der Waals surface area contributed by atoms with Crippen molar-refractivity contribution in [3.8, 4) is 5.75 Å². The van der Waals surface area contributed by atoms with E-state index in [1.54, 1.807) is 60.7 Å². The van der Waals surface area contributed by atoms with Gasteiger partial charge in [-0.05, 0) is 49.4 Å². The molecule has 6 nitrogen and oxygen atoms in total. The van der Waals surface area contributed by atoms with Crippen LogP contribution in [-0.2, 0) is 10.0 Å². The van der Waals surface area contributed by atoms with E-state index < -0.39 is 15.9 Å². The predicted octanol–water partition coefficient (Wildman–Crippen LogP) is 4.79. The molecule has 0 saturated carbocycles. The zero-order valence-electron chi connectivity index (χ0n) is 15.6. The minimum atomic E-state index is -3.89. The quantitative estimate of drug-likeness (QED) is 0.564. The maximum Gasteiger partial charge on any atom is 0.262 e. The number of hydrogen-bond donors (Lipinski definition) is 2. The topological polar surface area (TPSA) is 84.5 Å². The first-order valence-corrected chi connectivity index (χ1v) is 10.7. The van der Waals surface area contributed by atoms with Crippen LogP contribution in [0.2, 0.25) is 5.02 Å². The summed E-state index contributed by atoms with van der Waals surface area (Å²) in [5.41, 5.74) is 0.967. The maximum absolute atomic E-state index is 12.7. The molecule has 0 aliphatic heterocycles. The highest BCUT2D eigenvalue weighted by molar-refractivity contribution is 7.92. The second-order valence-corrected chi connectivity index (χ2v) is 8.09. The summed E-state index contributed by atoms with van der Waals surface area (Å²) in [4.78, 5) is 12.6. The van der Waals surface area contributed by atoms with Crippen LogP contribution in [0.5, 0.6) is 5.75 Å². The third-order valence-electron chi connectivity index (χ3n) is 3.95. The van der Waals surface area contributed by atoms with Crippen molar-refractivity contribution in [2.45, 2.75) is 11.8 Å². The van der Waals surface area contributed by atoms with Gasteiger partial charge in [-0.1, -0.05) is 41.9 Å². The van der Waals surface area contributed by atoms with Gasteiger partial charge in [0, 0.05) is 5.69 Å². The standard InChI is InChI=1S/C21H19ClN2O4S/c1-2-28-20-13-6-3-10-17(20)21(25)23-15-8-7-9-16(14-15)29(26,27)24-19-12-5-4-11-18(19)22/h3-14,24H,2H2,1H3,(H,23,25). The number of sulfonamides is 1. The summed E-state index contributed by atoms with van der Waals surface area (Å²) in [5.74, 6) is 0.0549. The summed E-state index contributed by atoms with van der Waals surface area (Å²) in [6, 6.07) is 19.3. The van der Waals surface area contributed by atoms with Gasteiger partial charge in [0.15, 0.2) is 0 Å². The highest BCUT2D eigenvalue weighted by Gasteiger charge is 2.17. The van der Waals surface area contributed by atoms with E-state index in [4.69, 9.17) is 16.3 Å². The molecule has 3 rings (SSSR count). The Morgan fingerprint density at radius 2 is 1.72 bits per heavy atom. The van der Waals surface area contributed by atoms with E-state index in [1.165, 1.54) is 12.1 Å². The Bertz CT molecular complexity index is 1130. The molecule has 0 radical (unpaired) electrons. The summed E-state index contributed by atoms with van der Waals surface area (Å²) in [6.45, 7) is 2.25. The van der Waals surface area contributed by atoms with E-state index in [-0.39, 0.29) is 15.6 Å². The van der Waals surface area contributed by atoms with E-state index in [9.17, 15) is 13.2 Å². The Kier molecular flexibility index (Phi) is 6.41. The van der Waals surface area contributed by atoms with Crippen molar-refractivity contribution in [1.29, 1.82) is 0 Å². The van der Waals surface area contributed by atoms with Gasteiger partial charge in [0.05, 0.1) is 27.8 Å². The minimum Gasteiger partial charge on any atom is -0.493 e. The van der Waals surface area contributed by atoms with Gasteiger partial charge in [-0.3, -0.25) is 9.52 Å². The van der Waals surface area contributed by atoms with Crippen LogP contribution < -0.4 is 14.8 Å². The van der Waals surface area contributed by atoms with Crippen molar-refractivity contribution >= 4 is 38.9 Å². The van der Waals surface area contributed by atoms with Crippen LogP contribution in [0.1, 0.15) is 17.3 Å². The Morgan fingerprint density at radius 3 is 2.48 bits per heavy atom. The van der Waals surface area contributed by atoms with Gasteiger partial charge >= 0.3 is 0 Å². The molecule has 2 N–H and O–H groups in total. The first kappa shape index (κ1) is 20.7. The number of carbonyl (C=O) groups is 1. The number of amides is 1. The summed E-state index contributed by atoms with van der Waals surface area (Å²) < 4.78 is 33.3. The molecule has 0 aromatic heterocycles. The van der Waals surface area contributed by atoms with Gasteiger partial charge < -0.3 is 10.1 Å². The average Bonchev–Trinajstić information content (AvgIpc) is 2.70. The monoisotopic (exact) mass is 430 g/mol. The van der Waals surface area contributed by atoms with Gasteiger partial charge in [0.1, 0.15) is 5.75 Å². The molecule has 3 aromatic rings. The van der Waals surface area contributed by atoms with Gasteiger partial charge in [0.25, 0.3) is 15.9 Å². The van der Waals surface area contributed by atoms with Gasteiger partial charge in [-0.25, -0.2) is 8.42 Å². The zero-order chi connectivity index (χ0) is 20.9. The van der Waals surface area contributed by atoms with E-state index >= 15 is 0 Å². The molecular weight excluding hydrogens is 412 g/mol. The molecule has 8 heteroatoms. The van der Waals surface area contributed by atoms with E-state index in [0.717, 1.165) is 0 Å². The number of halogens is 1. The fraction of sp³-hybridized carbons (Fsp3) is 0.0952. The fourth-order valence-corrected chi connectivity index (χ4v) is 3.99. The summed E-state index contributed by atoms with van der Waals surface area (Å²) >= 11 is 6.03. The van der Waals surface area contributed by atoms with Crippen LogP contribution in [0.4, 0.5) is 11.4 Å². The van der Waals surface area contributed by atoms with E-state index in [0.29, 0.717) is 23.6 Å². The molecule has 0 spiro atoms. The van der Waals surface area contributed by atoms with Crippen molar-refractivity contribution in [2.75, 3.05) is 16.6 Å². The molecule has 0 fully saturated rings. The molecule has 29 heavy (non-hydrogen) atoms. The number of rotatable bonds is 7. The average molecular weight is 431 g/mol. The molecule has 3 aromatic carbocycles. The van der Waals surface area contributed by atoms with Crippen molar-refractivity contribution < 1.29 is 17.9 Å². The van der Waals surface area contributed by atoms with Crippen LogP contribution in [0.3, 0.4) is 0 Å². The number of ether oxygens (including phenoxy) is 1. The molecule has 0 aliphatic rings. The lowest BCUT2D eigenvalue weighted by molar-refractivity contribution is 0.102. The molecule has 150 valence electrons. The Labute approximate surface area is 174 Å². The Morgan fingerprint density at radius 1 is 1.00 bits per heavy atom. The Balaban J connectivity index is 1.83. The predicted molar refractivity (Wildman–Crippen MR) is 114 cm³/mol. The summed E-state index contributed by atoms with van der Waals surface area (Å²) in [5, 5.41) is 2.99. The van der Waals surface area contributed by atoms with Crippen LogP contribution in [0.15, 0.2) is 77.7 Å². The number of para-hydroxylation sites is 2. The lowest BCUT2D eigenvalue weighted by Gasteiger charge is -2.12. The normalized spacial score (nSPS) is 11.0. The maximum atomic E-state index is 12.7. The number of carbonyl (C=O) groups excluding carboxylic acids is 1. The fourth-order valence-electron chi connectivity index (χ4n) is 2.62. The SMILES string of the molecule is CCOc1ccccc1C(=O)Nc1cccc(S(=O)(=O)Nc2ccccc2Cl)c1. The Hall–Kier alpha value is -3.03. The van der Waals surface area contributed by atoms with Gasteiger partial charge in [0.2, 0.25) is 0 Å². The molecule has 0 aliphatic carbocycles. The lowest BCUT2D eigenvalue weighted by atomic mass is 10.2. The first-order valence-electron chi connectivity index (χ1n) is 8.81. The van der Waals surface area contributed by atoms with Crippen LogP contribution in [-0.4, -0.2) is 20.9 Å². The number of hydrogen-bond acceptors (Lipinski definition) is 4. The third-order valence-corrected chi connectivity index (χ3v) is 5.64. The van der Waals surface area contributed by atoms with Gasteiger partial charge in [-0.2, -0.15) is 0 Å². The highest BCUT2D eigenvalue weighted by Crippen LogP contribution is 2.25. The largest absolute Gasteiger partial charge is 0.493 e. The van der Waals surface area contributed by atoms with Crippen molar-refractivity contribution in [1.82, 2.24) is 0 Å². The molecule has 0 bridgehead atoms. The zero-order valence-corrected chi connectivity index (χ0v) is 17.1. The lowest BCUT2D eigenvalue weighted by Crippen LogP contribution is -2.16. The van der Waals surface area contributed by atoms with Crippen LogP contribution >= 0.6 is 11.6 Å². The highest BCUT2D eigenvalue weighted by atomic mass is 35.5. The third kappa shape index (κ3) is 5.07. The molecule has 0 unspecified atom stereocenters.